The van der Waals surface area contributed by atoms with E-state index in [1.54, 1.807) is 13.8 Å². The zero-order valence-corrected chi connectivity index (χ0v) is 10.2. The standard InChI is InChI=1S/C12H16N2O4/c1-12(2,13)6-10(16)14-9-4-3-7(15)5-8(9)11(17)18/h3-5,15H,6,13H2,1-2H3,(H,14,16)(H,17,18). The number of benzene rings is 1. The second kappa shape index (κ2) is 5.05. The van der Waals surface area contributed by atoms with Gasteiger partial charge in [-0.2, -0.15) is 0 Å². The predicted octanol–water partition coefficient (Wildman–Crippen LogP) is 1.16. The predicted molar refractivity (Wildman–Crippen MR) is 66.6 cm³/mol. The summed E-state index contributed by atoms with van der Waals surface area (Å²) in [4.78, 5) is 22.6. The van der Waals surface area contributed by atoms with Gasteiger partial charge in [0.05, 0.1) is 11.3 Å². The van der Waals surface area contributed by atoms with Gasteiger partial charge in [-0.25, -0.2) is 4.79 Å². The number of aromatic carboxylic acids is 1. The Kier molecular flexibility index (Phi) is 3.93. The van der Waals surface area contributed by atoms with Crippen molar-refractivity contribution in [2.24, 2.45) is 5.73 Å². The fraction of sp³-hybridized carbons (Fsp3) is 0.333. The molecule has 1 rings (SSSR count). The summed E-state index contributed by atoms with van der Waals surface area (Å²) in [7, 11) is 0. The Balaban J connectivity index is 2.91. The van der Waals surface area contributed by atoms with Gasteiger partial charge in [-0.1, -0.05) is 0 Å². The average molecular weight is 252 g/mol. The van der Waals surface area contributed by atoms with Crippen molar-refractivity contribution in [1.29, 1.82) is 0 Å². The Labute approximate surface area is 104 Å². The van der Waals surface area contributed by atoms with Gasteiger partial charge >= 0.3 is 5.97 Å². The van der Waals surface area contributed by atoms with E-state index in [9.17, 15) is 14.7 Å². The molecule has 0 radical (unpaired) electrons. The second-order valence-corrected chi connectivity index (χ2v) is 4.75. The first-order valence-corrected chi connectivity index (χ1v) is 5.34. The van der Waals surface area contributed by atoms with E-state index in [-0.39, 0.29) is 29.3 Å². The van der Waals surface area contributed by atoms with Crippen LogP contribution in [-0.4, -0.2) is 27.6 Å². The van der Waals surface area contributed by atoms with Gasteiger partial charge < -0.3 is 21.3 Å². The Morgan fingerprint density at radius 1 is 1.39 bits per heavy atom. The summed E-state index contributed by atoms with van der Waals surface area (Å²) < 4.78 is 0. The number of anilines is 1. The first-order chi connectivity index (χ1) is 8.19. The second-order valence-electron chi connectivity index (χ2n) is 4.75. The molecule has 98 valence electrons. The molecule has 6 heteroatoms. The molecule has 18 heavy (non-hydrogen) atoms. The first-order valence-electron chi connectivity index (χ1n) is 5.34. The highest BCUT2D eigenvalue weighted by atomic mass is 16.4. The SMILES string of the molecule is CC(C)(N)CC(=O)Nc1ccc(O)cc1C(=O)O. The summed E-state index contributed by atoms with van der Waals surface area (Å²) in [6, 6.07) is 3.71. The summed E-state index contributed by atoms with van der Waals surface area (Å²) in [5.74, 6) is -1.78. The van der Waals surface area contributed by atoms with Crippen LogP contribution >= 0.6 is 0 Å². The van der Waals surface area contributed by atoms with Crippen LogP contribution in [0.25, 0.3) is 0 Å². The minimum atomic E-state index is -1.23. The number of hydrogen-bond donors (Lipinski definition) is 4. The van der Waals surface area contributed by atoms with Crippen LogP contribution in [-0.2, 0) is 4.79 Å². The lowest BCUT2D eigenvalue weighted by Gasteiger charge is -2.18. The van der Waals surface area contributed by atoms with E-state index in [1.165, 1.54) is 12.1 Å². The van der Waals surface area contributed by atoms with Crippen LogP contribution in [0, 0.1) is 0 Å². The highest BCUT2D eigenvalue weighted by Crippen LogP contribution is 2.21. The third-order valence-corrected chi connectivity index (χ3v) is 2.12. The fourth-order valence-corrected chi connectivity index (χ4v) is 1.43. The molecule has 1 amide bonds. The van der Waals surface area contributed by atoms with Crippen molar-refractivity contribution in [3.8, 4) is 5.75 Å². The summed E-state index contributed by atoms with van der Waals surface area (Å²) in [6.45, 7) is 3.39. The number of rotatable bonds is 4. The zero-order chi connectivity index (χ0) is 13.9. The van der Waals surface area contributed by atoms with E-state index in [2.05, 4.69) is 5.32 Å². The van der Waals surface area contributed by atoms with Gasteiger partial charge in [0.15, 0.2) is 0 Å². The number of phenols is 1. The smallest absolute Gasteiger partial charge is 0.337 e. The number of nitrogens with one attached hydrogen (secondary N) is 1. The molecule has 0 spiro atoms. The molecule has 0 bridgehead atoms. The van der Waals surface area contributed by atoms with E-state index in [0.29, 0.717) is 0 Å². The molecule has 0 saturated carbocycles. The molecule has 0 saturated heterocycles. The number of hydrogen-bond acceptors (Lipinski definition) is 4. The Morgan fingerprint density at radius 2 is 2.00 bits per heavy atom. The molecule has 0 atom stereocenters. The number of carboxylic acids is 1. The number of carbonyl (C=O) groups excluding carboxylic acids is 1. The third kappa shape index (κ3) is 4.06. The summed E-state index contributed by atoms with van der Waals surface area (Å²) in [6.07, 6.45) is 0.0624. The van der Waals surface area contributed by atoms with Crippen LogP contribution in [0.2, 0.25) is 0 Å². The average Bonchev–Trinajstić information content (AvgIpc) is 2.17. The number of nitrogens with two attached hydrogens (primary N) is 1. The van der Waals surface area contributed by atoms with Crippen LogP contribution in [0.3, 0.4) is 0 Å². The monoisotopic (exact) mass is 252 g/mol. The van der Waals surface area contributed by atoms with E-state index in [4.69, 9.17) is 10.8 Å². The number of phenolic OH excluding ortho intramolecular Hbond substituents is 1. The van der Waals surface area contributed by atoms with Crippen molar-refractivity contribution in [2.75, 3.05) is 5.32 Å². The van der Waals surface area contributed by atoms with Crippen LogP contribution < -0.4 is 11.1 Å². The normalized spacial score (nSPS) is 11.1. The molecule has 0 aromatic heterocycles. The Bertz CT molecular complexity index is 477. The van der Waals surface area contributed by atoms with Gasteiger partial charge in [-0.3, -0.25) is 4.79 Å². The lowest BCUT2D eigenvalue weighted by molar-refractivity contribution is -0.117. The van der Waals surface area contributed by atoms with Crippen molar-refractivity contribution in [3.05, 3.63) is 23.8 Å². The first kappa shape index (κ1) is 14.0. The maximum Gasteiger partial charge on any atom is 0.337 e. The van der Waals surface area contributed by atoms with Crippen LogP contribution in [0.15, 0.2) is 18.2 Å². The molecule has 0 aliphatic rings. The van der Waals surface area contributed by atoms with E-state index < -0.39 is 11.5 Å². The maximum absolute atomic E-state index is 11.6. The third-order valence-electron chi connectivity index (χ3n) is 2.12. The molecule has 5 N–H and O–H groups in total. The van der Waals surface area contributed by atoms with Crippen molar-refractivity contribution < 1.29 is 19.8 Å². The molecule has 0 aliphatic heterocycles. The lowest BCUT2D eigenvalue weighted by Crippen LogP contribution is -2.36. The quantitative estimate of drug-likeness (QED) is 0.600. The Morgan fingerprint density at radius 3 is 2.50 bits per heavy atom. The molecular weight excluding hydrogens is 236 g/mol. The fourth-order valence-electron chi connectivity index (χ4n) is 1.43. The van der Waals surface area contributed by atoms with Gasteiger partial charge in [0, 0.05) is 12.0 Å². The van der Waals surface area contributed by atoms with Crippen LogP contribution in [0.1, 0.15) is 30.6 Å². The molecular formula is C12H16N2O4. The highest BCUT2D eigenvalue weighted by Gasteiger charge is 2.18. The minimum absolute atomic E-state index is 0.0624. The van der Waals surface area contributed by atoms with E-state index in [0.717, 1.165) is 6.07 Å². The highest BCUT2D eigenvalue weighted by molar-refractivity contribution is 6.01. The number of aromatic hydroxyl groups is 1. The van der Waals surface area contributed by atoms with Gasteiger partial charge in [-0.05, 0) is 32.0 Å². The van der Waals surface area contributed by atoms with Crippen molar-refractivity contribution in [3.63, 3.8) is 0 Å². The lowest BCUT2D eigenvalue weighted by atomic mass is 10.0. The van der Waals surface area contributed by atoms with Gasteiger partial charge in [0.25, 0.3) is 0 Å². The number of carboxylic acid groups (broad SMARTS) is 1. The molecule has 0 aliphatic carbocycles. The number of amides is 1. The molecule has 0 fully saturated rings. The molecule has 0 heterocycles. The van der Waals surface area contributed by atoms with Crippen molar-refractivity contribution in [2.45, 2.75) is 25.8 Å². The summed E-state index contributed by atoms with van der Waals surface area (Å²) in [5, 5.41) is 20.6. The van der Waals surface area contributed by atoms with Gasteiger partial charge in [0.1, 0.15) is 5.75 Å². The molecule has 1 aromatic carbocycles. The molecule has 1 aromatic rings. The van der Waals surface area contributed by atoms with E-state index >= 15 is 0 Å². The molecule has 0 unspecified atom stereocenters. The maximum atomic E-state index is 11.6. The van der Waals surface area contributed by atoms with Crippen LogP contribution in [0.4, 0.5) is 5.69 Å². The van der Waals surface area contributed by atoms with Crippen molar-refractivity contribution >= 4 is 17.6 Å². The number of carbonyl (C=O) groups is 2. The van der Waals surface area contributed by atoms with Crippen LogP contribution in [0.5, 0.6) is 5.75 Å². The minimum Gasteiger partial charge on any atom is -0.508 e. The Hall–Kier alpha value is -2.08. The zero-order valence-electron chi connectivity index (χ0n) is 10.2. The van der Waals surface area contributed by atoms with Gasteiger partial charge in [0.2, 0.25) is 5.91 Å². The largest absolute Gasteiger partial charge is 0.508 e. The summed E-state index contributed by atoms with van der Waals surface area (Å²) in [5.41, 5.74) is 4.98. The summed E-state index contributed by atoms with van der Waals surface area (Å²) >= 11 is 0. The van der Waals surface area contributed by atoms with Gasteiger partial charge in [-0.15, -0.1) is 0 Å². The molecule has 6 nitrogen and oxygen atoms in total. The van der Waals surface area contributed by atoms with Crippen molar-refractivity contribution in [1.82, 2.24) is 0 Å². The van der Waals surface area contributed by atoms with E-state index in [1.807, 2.05) is 0 Å². The topological polar surface area (TPSA) is 113 Å².